The lowest BCUT2D eigenvalue weighted by Crippen LogP contribution is -2.43. The minimum absolute atomic E-state index is 0.0385. The SMILES string of the molecule is CC(N)C1CN(Cc2ccncc2)S(=O)(=O)c2sccc21. The lowest BCUT2D eigenvalue weighted by atomic mass is 9.95. The van der Waals surface area contributed by atoms with Gasteiger partial charge in [-0.2, -0.15) is 4.31 Å². The van der Waals surface area contributed by atoms with Crippen LogP contribution in [0.15, 0.2) is 40.2 Å². The number of rotatable bonds is 3. The maximum atomic E-state index is 12.7. The minimum atomic E-state index is -3.43. The van der Waals surface area contributed by atoms with Crippen molar-refractivity contribution < 1.29 is 8.42 Å². The number of thiophene rings is 1. The Morgan fingerprint density at radius 3 is 2.81 bits per heavy atom. The first kappa shape index (κ1) is 14.6. The molecule has 2 aromatic heterocycles. The zero-order valence-electron chi connectivity index (χ0n) is 11.6. The van der Waals surface area contributed by atoms with Gasteiger partial charge in [-0.15, -0.1) is 11.3 Å². The fourth-order valence-corrected chi connectivity index (χ4v) is 5.70. The molecule has 0 fully saturated rings. The molecule has 0 saturated heterocycles. The summed E-state index contributed by atoms with van der Waals surface area (Å²) >= 11 is 1.27. The fourth-order valence-electron chi connectivity index (χ4n) is 2.61. The lowest BCUT2D eigenvalue weighted by molar-refractivity contribution is 0.346. The van der Waals surface area contributed by atoms with Gasteiger partial charge in [0.2, 0.25) is 0 Å². The molecule has 3 heterocycles. The van der Waals surface area contributed by atoms with E-state index in [1.807, 2.05) is 30.5 Å². The molecule has 2 aromatic rings. The van der Waals surface area contributed by atoms with E-state index in [2.05, 4.69) is 4.98 Å². The number of pyridine rings is 1. The van der Waals surface area contributed by atoms with Gasteiger partial charge in [0, 0.05) is 37.4 Å². The third-order valence-electron chi connectivity index (χ3n) is 3.78. The lowest BCUT2D eigenvalue weighted by Gasteiger charge is -2.34. The van der Waals surface area contributed by atoms with Crippen molar-refractivity contribution in [1.82, 2.24) is 9.29 Å². The monoisotopic (exact) mass is 323 g/mol. The molecular weight excluding hydrogens is 306 g/mol. The maximum absolute atomic E-state index is 12.7. The minimum Gasteiger partial charge on any atom is -0.327 e. The van der Waals surface area contributed by atoms with Gasteiger partial charge in [-0.05, 0) is 41.6 Å². The average molecular weight is 323 g/mol. The highest BCUT2D eigenvalue weighted by Gasteiger charge is 2.39. The van der Waals surface area contributed by atoms with Crippen LogP contribution in [0.5, 0.6) is 0 Å². The van der Waals surface area contributed by atoms with E-state index >= 15 is 0 Å². The first-order chi connectivity index (χ1) is 10.00. The fraction of sp³-hybridized carbons (Fsp3) is 0.357. The molecule has 1 aliphatic rings. The molecule has 2 unspecified atom stereocenters. The number of nitrogens with two attached hydrogens (primary N) is 1. The van der Waals surface area contributed by atoms with E-state index in [1.165, 1.54) is 15.6 Å². The first-order valence-corrected chi connectivity index (χ1v) is 9.04. The van der Waals surface area contributed by atoms with Crippen LogP contribution in [0.3, 0.4) is 0 Å². The zero-order chi connectivity index (χ0) is 15.0. The Morgan fingerprint density at radius 1 is 1.43 bits per heavy atom. The number of aromatic nitrogens is 1. The average Bonchev–Trinajstić information content (AvgIpc) is 2.93. The Balaban J connectivity index is 1.99. The van der Waals surface area contributed by atoms with Gasteiger partial charge in [0.05, 0.1) is 0 Å². The van der Waals surface area contributed by atoms with Crippen LogP contribution in [0.25, 0.3) is 0 Å². The van der Waals surface area contributed by atoms with Gasteiger partial charge in [-0.3, -0.25) is 4.98 Å². The van der Waals surface area contributed by atoms with Crippen molar-refractivity contribution in [1.29, 1.82) is 0 Å². The molecule has 0 aliphatic carbocycles. The van der Waals surface area contributed by atoms with Crippen molar-refractivity contribution in [3.8, 4) is 0 Å². The second-order valence-corrected chi connectivity index (χ2v) is 8.33. The number of hydrogen-bond acceptors (Lipinski definition) is 5. The van der Waals surface area contributed by atoms with E-state index in [-0.39, 0.29) is 12.0 Å². The predicted molar refractivity (Wildman–Crippen MR) is 82.5 cm³/mol. The number of sulfonamides is 1. The van der Waals surface area contributed by atoms with Gasteiger partial charge in [-0.1, -0.05) is 0 Å². The standard InChI is InChI=1S/C14H17N3O2S2/c1-10(15)13-9-17(8-11-2-5-16-6-3-11)21(18,19)14-12(13)4-7-20-14/h2-7,10,13H,8-9,15H2,1H3. The van der Waals surface area contributed by atoms with Crippen LogP contribution in [0.1, 0.15) is 24.0 Å². The number of hydrogen-bond donors (Lipinski definition) is 1. The molecule has 5 nitrogen and oxygen atoms in total. The Hall–Kier alpha value is -1.28. The van der Waals surface area contributed by atoms with Gasteiger partial charge >= 0.3 is 0 Å². The molecule has 0 spiro atoms. The van der Waals surface area contributed by atoms with Gasteiger partial charge in [0.1, 0.15) is 4.21 Å². The van der Waals surface area contributed by atoms with Crippen LogP contribution in [0.2, 0.25) is 0 Å². The molecule has 3 rings (SSSR count). The van der Waals surface area contributed by atoms with E-state index in [0.29, 0.717) is 17.3 Å². The highest BCUT2D eigenvalue weighted by atomic mass is 32.2. The van der Waals surface area contributed by atoms with Crippen molar-refractivity contribution in [2.45, 2.75) is 29.6 Å². The Bertz CT molecular complexity index is 726. The van der Waals surface area contributed by atoms with Crippen LogP contribution >= 0.6 is 11.3 Å². The second kappa shape index (κ2) is 5.49. The third kappa shape index (κ3) is 2.62. The first-order valence-electron chi connectivity index (χ1n) is 6.72. The summed E-state index contributed by atoms with van der Waals surface area (Å²) in [7, 11) is -3.43. The normalized spacial score (nSPS) is 22.7. The van der Waals surface area contributed by atoms with Crippen molar-refractivity contribution in [3.05, 3.63) is 47.1 Å². The summed E-state index contributed by atoms with van der Waals surface area (Å²) in [6.07, 6.45) is 3.34. The molecular formula is C14H17N3O2S2. The summed E-state index contributed by atoms with van der Waals surface area (Å²) in [4.78, 5) is 3.96. The number of fused-ring (bicyclic) bond motifs is 1. The van der Waals surface area contributed by atoms with Crippen molar-refractivity contribution in [3.63, 3.8) is 0 Å². The zero-order valence-corrected chi connectivity index (χ0v) is 13.3. The Kier molecular flexibility index (Phi) is 3.83. The molecule has 0 aromatic carbocycles. The van der Waals surface area contributed by atoms with E-state index in [9.17, 15) is 8.42 Å². The largest absolute Gasteiger partial charge is 0.327 e. The maximum Gasteiger partial charge on any atom is 0.253 e. The molecule has 0 bridgehead atoms. The summed E-state index contributed by atoms with van der Waals surface area (Å²) in [5.41, 5.74) is 7.85. The molecule has 112 valence electrons. The van der Waals surface area contributed by atoms with Crippen molar-refractivity contribution >= 4 is 21.4 Å². The van der Waals surface area contributed by atoms with Crippen LogP contribution < -0.4 is 5.73 Å². The molecule has 2 atom stereocenters. The van der Waals surface area contributed by atoms with Crippen LogP contribution in [0, 0.1) is 0 Å². The second-order valence-electron chi connectivity index (χ2n) is 5.28. The van der Waals surface area contributed by atoms with E-state index in [4.69, 9.17) is 5.73 Å². The summed E-state index contributed by atoms with van der Waals surface area (Å²) < 4.78 is 27.4. The highest BCUT2D eigenvalue weighted by molar-refractivity contribution is 7.91. The van der Waals surface area contributed by atoms with E-state index in [1.54, 1.807) is 12.4 Å². The van der Waals surface area contributed by atoms with Crippen LogP contribution in [-0.4, -0.2) is 30.3 Å². The highest BCUT2D eigenvalue weighted by Crippen LogP contribution is 2.39. The molecule has 21 heavy (non-hydrogen) atoms. The van der Waals surface area contributed by atoms with Gasteiger partial charge in [0.15, 0.2) is 0 Å². The summed E-state index contributed by atoms with van der Waals surface area (Å²) in [6.45, 7) is 2.70. The smallest absolute Gasteiger partial charge is 0.253 e. The predicted octanol–water partition coefficient (Wildman–Crippen LogP) is 1.78. The van der Waals surface area contributed by atoms with Crippen LogP contribution in [-0.2, 0) is 16.6 Å². The quantitative estimate of drug-likeness (QED) is 0.934. The summed E-state index contributed by atoms with van der Waals surface area (Å²) in [5, 5.41) is 1.83. The third-order valence-corrected chi connectivity index (χ3v) is 7.08. The Morgan fingerprint density at radius 2 is 2.14 bits per heavy atom. The summed E-state index contributed by atoms with van der Waals surface area (Å²) in [6, 6.07) is 5.46. The topological polar surface area (TPSA) is 76.3 Å². The van der Waals surface area contributed by atoms with E-state index < -0.39 is 10.0 Å². The van der Waals surface area contributed by atoms with Crippen molar-refractivity contribution in [2.75, 3.05) is 6.54 Å². The molecule has 7 heteroatoms. The van der Waals surface area contributed by atoms with Gasteiger partial charge in [0.25, 0.3) is 10.0 Å². The van der Waals surface area contributed by atoms with Crippen LogP contribution in [0.4, 0.5) is 0 Å². The van der Waals surface area contributed by atoms with E-state index in [0.717, 1.165) is 11.1 Å². The van der Waals surface area contributed by atoms with Gasteiger partial charge < -0.3 is 5.73 Å². The Labute approximate surface area is 128 Å². The molecule has 2 N–H and O–H groups in total. The molecule has 0 saturated carbocycles. The molecule has 0 radical (unpaired) electrons. The summed E-state index contributed by atoms with van der Waals surface area (Å²) in [5.74, 6) is 0.0385. The van der Waals surface area contributed by atoms with Gasteiger partial charge in [-0.25, -0.2) is 8.42 Å². The number of nitrogens with zero attached hydrogens (tertiary/aromatic N) is 2. The van der Waals surface area contributed by atoms with Crippen molar-refractivity contribution in [2.24, 2.45) is 5.73 Å². The molecule has 1 aliphatic heterocycles. The molecule has 0 amide bonds.